The average Bonchev–Trinajstić information content (AvgIpc) is 3.53. The Balaban J connectivity index is 1.27. The van der Waals surface area contributed by atoms with Crippen LogP contribution in [0.15, 0.2) is 52.1 Å². The summed E-state index contributed by atoms with van der Waals surface area (Å²) in [5.74, 6) is 1.84. The maximum Gasteiger partial charge on any atom is 0.191 e. The Morgan fingerprint density at radius 2 is 1.62 bits per heavy atom. The Kier molecular flexibility index (Phi) is 9.01. The minimum absolute atomic E-state index is 0.664. The molecule has 2 fully saturated rings. The van der Waals surface area contributed by atoms with Crippen LogP contribution in [0.3, 0.4) is 0 Å². The number of hydrogen-bond donors (Lipinski definition) is 2. The van der Waals surface area contributed by atoms with E-state index in [1.807, 2.05) is 12.1 Å². The molecule has 3 heterocycles. The van der Waals surface area contributed by atoms with Gasteiger partial charge in [0.1, 0.15) is 5.76 Å². The maximum absolute atomic E-state index is 5.44. The van der Waals surface area contributed by atoms with Crippen molar-refractivity contribution in [3.05, 3.63) is 59.5 Å². The third kappa shape index (κ3) is 7.65. The van der Waals surface area contributed by atoms with Crippen LogP contribution in [0, 0.1) is 0 Å². The second kappa shape index (κ2) is 12.6. The SMILES string of the molecule is c1coc(CCNC(=NCc2ccc(CN3CCCC3)cc2)NCCN2CCOCC2)c1. The fourth-order valence-corrected chi connectivity index (χ4v) is 4.21. The van der Waals surface area contributed by atoms with Crippen molar-refractivity contribution in [1.82, 2.24) is 20.4 Å². The fraction of sp³-hybridized carbons (Fsp3) is 0.560. The van der Waals surface area contributed by atoms with Gasteiger partial charge < -0.3 is 19.8 Å². The van der Waals surface area contributed by atoms with Crippen LogP contribution in [0.1, 0.15) is 29.7 Å². The number of ether oxygens (including phenoxy) is 1. The summed E-state index contributed by atoms with van der Waals surface area (Å²) in [5, 5.41) is 6.95. The van der Waals surface area contributed by atoms with Gasteiger partial charge in [-0.1, -0.05) is 24.3 Å². The topological polar surface area (TPSA) is 65.3 Å². The first-order chi connectivity index (χ1) is 15.8. The highest BCUT2D eigenvalue weighted by molar-refractivity contribution is 5.79. The molecule has 0 bridgehead atoms. The van der Waals surface area contributed by atoms with E-state index in [1.54, 1.807) is 6.26 Å². The lowest BCUT2D eigenvalue weighted by atomic mass is 10.1. The van der Waals surface area contributed by atoms with Crippen LogP contribution in [0.25, 0.3) is 0 Å². The Bertz CT molecular complexity index is 794. The lowest BCUT2D eigenvalue weighted by Crippen LogP contribution is -2.44. The zero-order valence-electron chi connectivity index (χ0n) is 19.1. The first kappa shape index (κ1) is 22.8. The molecule has 2 aromatic rings. The van der Waals surface area contributed by atoms with Crippen molar-refractivity contribution in [2.45, 2.75) is 32.4 Å². The summed E-state index contributed by atoms with van der Waals surface area (Å²) in [4.78, 5) is 9.80. The molecule has 0 aliphatic carbocycles. The molecule has 2 aliphatic rings. The van der Waals surface area contributed by atoms with Crippen LogP contribution in [0.5, 0.6) is 0 Å². The van der Waals surface area contributed by atoms with Gasteiger partial charge in [-0.3, -0.25) is 9.80 Å². The fourth-order valence-electron chi connectivity index (χ4n) is 4.21. The van der Waals surface area contributed by atoms with Crippen molar-refractivity contribution >= 4 is 5.96 Å². The van der Waals surface area contributed by atoms with Crippen molar-refractivity contribution < 1.29 is 9.15 Å². The van der Waals surface area contributed by atoms with Crippen LogP contribution in [-0.2, 0) is 24.2 Å². The van der Waals surface area contributed by atoms with Gasteiger partial charge in [-0.15, -0.1) is 0 Å². The third-order valence-corrected chi connectivity index (χ3v) is 6.12. The van der Waals surface area contributed by atoms with E-state index in [4.69, 9.17) is 14.1 Å². The Morgan fingerprint density at radius 1 is 0.875 bits per heavy atom. The first-order valence-electron chi connectivity index (χ1n) is 12.0. The summed E-state index contributed by atoms with van der Waals surface area (Å²) in [7, 11) is 0. The highest BCUT2D eigenvalue weighted by Crippen LogP contribution is 2.13. The number of aliphatic imine (C=N–C) groups is 1. The van der Waals surface area contributed by atoms with Gasteiger partial charge in [0.2, 0.25) is 0 Å². The Labute approximate surface area is 191 Å². The average molecular weight is 440 g/mol. The molecule has 1 aromatic carbocycles. The minimum atomic E-state index is 0.664. The number of morpholine rings is 1. The van der Waals surface area contributed by atoms with Crippen LogP contribution in [0.2, 0.25) is 0 Å². The van der Waals surface area contributed by atoms with E-state index < -0.39 is 0 Å². The molecule has 0 radical (unpaired) electrons. The molecule has 174 valence electrons. The maximum atomic E-state index is 5.44. The number of likely N-dealkylation sites (tertiary alicyclic amines) is 1. The summed E-state index contributed by atoms with van der Waals surface area (Å²) < 4.78 is 10.9. The molecule has 7 heteroatoms. The number of guanidine groups is 1. The van der Waals surface area contributed by atoms with Gasteiger partial charge in [0.05, 0.1) is 26.0 Å². The molecule has 2 saturated heterocycles. The van der Waals surface area contributed by atoms with Gasteiger partial charge in [-0.2, -0.15) is 0 Å². The monoisotopic (exact) mass is 439 g/mol. The van der Waals surface area contributed by atoms with Gasteiger partial charge in [-0.25, -0.2) is 4.99 Å². The molecule has 0 spiro atoms. The predicted octanol–water partition coefficient (Wildman–Crippen LogP) is 2.49. The summed E-state index contributed by atoms with van der Waals surface area (Å²) in [6.45, 7) is 10.5. The number of rotatable bonds is 10. The second-order valence-electron chi connectivity index (χ2n) is 8.60. The summed E-state index contributed by atoms with van der Waals surface area (Å²) in [5.41, 5.74) is 2.62. The first-order valence-corrected chi connectivity index (χ1v) is 12.0. The zero-order chi connectivity index (χ0) is 21.8. The van der Waals surface area contributed by atoms with Crippen molar-refractivity contribution in [2.24, 2.45) is 4.99 Å². The molecular formula is C25H37N5O2. The van der Waals surface area contributed by atoms with Gasteiger partial charge in [-0.05, 0) is 49.2 Å². The van der Waals surface area contributed by atoms with Crippen LogP contribution >= 0.6 is 0 Å². The van der Waals surface area contributed by atoms with Crippen LogP contribution in [-0.4, -0.2) is 74.8 Å². The second-order valence-corrected chi connectivity index (χ2v) is 8.60. The summed E-state index contributed by atoms with van der Waals surface area (Å²) in [6.07, 6.45) is 5.22. The van der Waals surface area contributed by atoms with Crippen LogP contribution in [0.4, 0.5) is 0 Å². The highest BCUT2D eigenvalue weighted by atomic mass is 16.5. The van der Waals surface area contributed by atoms with Crippen LogP contribution < -0.4 is 10.6 Å². The number of furan rings is 1. The van der Waals surface area contributed by atoms with Gasteiger partial charge in [0, 0.05) is 45.7 Å². The van der Waals surface area contributed by atoms with E-state index in [0.717, 1.165) is 70.6 Å². The lowest BCUT2D eigenvalue weighted by molar-refractivity contribution is 0.0389. The molecule has 0 unspecified atom stereocenters. The molecule has 0 saturated carbocycles. The molecule has 32 heavy (non-hydrogen) atoms. The number of benzene rings is 1. The lowest BCUT2D eigenvalue weighted by Gasteiger charge is -2.26. The molecule has 4 rings (SSSR count). The Morgan fingerprint density at radius 3 is 2.38 bits per heavy atom. The quantitative estimate of drug-likeness (QED) is 0.438. The van der Waals surface area contributed by atoms with Crippen molar-refractivity contribution in [2.75, 3.05) is 59.0 Å². The van der Waals surface area contributed by atoms with Crippen molar-refractivity contribution in [3.63, 3.8) is 0 Å². The van der Waals surface area contributed by atoms with Gasteiger partial charge >= 0.3 is 0 Å². The van der Waals surface area contributed by atoms with E-state index in [0.29, 0.717) is 6.54 Å². The van der Waals surface area contributed by atoms with E-state index in [2.05, 4.69) is 44.7 Å². The highest BCUT2D eigenvalue weighted by Gasteiger charge is 2.12. The smallest absolute Gasteiger partial charge is 0.191 e. The third-order valence-electron chi connectivity index (χ3n) is 6.12. The van der Waals surface area contributed by atoms with Gasteiger partial charge in [0.25, 0.3) is 0 Å². The molecule has 1 aromatic heterocycles. The largest absolute Gasteiger partial charge is 0.469 e. The molecule has 2 N–H and O–H groups in total. The van der Waals surface area contributed by atoms with Crippen molar-refractivity contribution in [1.29, 1.82) is 0 Å². The molecule has 0 amide bonds. The minimum Gasteiger partial charge on any atom is -0.469 e. The molecule has 2 aliphatic heterocycles. The molecule has 0 atom stereocenters. The number of hydrogen-bond acceptors (Lipinski definition) is 5. The summed E-state index contributed by atoms with van der Waals surface area (Å²) >= 11 is 0. The Hall–Kier alpha value is -2.35. The van der Waals surface area contributed by atoms with E-state index in [9.17, 15) is 0 Å². The molecular weight excluding hydrogens is 402 g/mol. The van der Waals surface area contributed by atoms with E-state index >= 15 is 0 Å². The van der Waals surface area contributed by atoms with E-state index in [-0.39, 0.29) is 0 Å². The predicted molar refractivity (Wildman–Crippen MR) is 128 cm³/mol. The summed E-state index contributed by atoms with van der Waals surface area (Å²) in [6, 6.07) is 12.9. The van der Waals surface area contributed by atoms with Crippen molar-refractivity contribution in [3.8, 4) is 0 Å². The van der Waals surface area contributed by atoms with E-state index in [1.165, 1.54) is 37.1 Å². The standard InChI is InChI=1S/C25H37N5O2/c1-2-13-30(12-1)21-23-7-5-22(6-8-23)20-28-25(26-10-9-24-4-3-17-32-24)27-11-14-29-15-18-31-19-16-29/h3-8,17H,1-2,9-16,18-21H2,(H2,26,27,28). The normalized spacial score (nSPS) is 18.2. The number of nitrogens with one attached hydrogen (secondary N) is 2. The number of nitrogens with zero attached hydrogens (tertiary/aromatic N) is 3. The van der Waals surface area contributed by atoms with Gasteiger partial charge in [0.15, 0.2) is 5.96 Å². The molecule has 7 nitrogen and oxygen atoms in total. The zero-order valence-corrected chi connectivity index (χ0v) is 19.1.